The Morgan fingerprint density at radius 1 is 0.697 bits per heavy atom. The minimum atomic E-state index is -0.0695. The van der Waals surface area contributed by atoms with Gasteiger partial charge in [-0.25, -0.2) is 4.39 Å². The quantitative estimate of drug-likeness (QED) is 0.252. The topological polar surface area (TPSA) is 9.23 Å². The summed E-state index contributed by atoms with van der Waals surface area (Å²) in [6.07, 6.45) is 23.9. The molecule has 0 atom stereocenters. The lowest BCUT2D eigenvalue weighted by atomic mass is 9.77. The van der Waals surface area contributed by atoms with Gasteiger partial charge in [0, 0.05) is 6.07 Å². The molecule has 0 spiro atoms. The van der Waals surface area contributed by atoms with Gasteiger partial charge in [0.25, 0.3) is 0 Å². The minimum absolute atomic E-state index is 0.0695. The molecular formula is C31H51FO. The van der Waals surface area contributed by atoms with Crippen molar-refractivity contribution in [3.8, 4) is 5.75 Å². The van der Waals surface area contributed by atoms with Crippen LogP contribution in [0, 0.1) is 29.5 Å². The lowest BCUT2D eigenvalue weighted by Gasteiger charge is -2.28. The molecule has 1 aromatic carbocycles. The standard InChI is InChI=1S/C31H51FO/c1-3-5-6-7-8-10-26-11-13-27(14-12-26)19-20-29-21-22-30(23-31(29)32)33-24-28-17-15-25(9-4-2)16-18-28/h21-23,25-28H,3-20,24H2,1-2H3. The predicted molar refractivity (Wildman–Crippen MR) is 139 cm³/mol. The Morgan fingerprint density at radius 2 is 1.30 bits per heavy atom. The summed E-state index contributed by atoms with van der Waals surface area (Å²) in [5.41, 5.74) is 0.875. The molecule has 2 aliphatic rings. The molecule has 2 saturated carbocycles. The lowest BCUT2D eigenvalue weighted by Crippen LogP contribution is -2.20. The van der Waals surface area contributed by atoms with E-state index in [0.717, 1.165) is 42.8 Å². The summed E-state index contributed by atoms with van der Waals surface area (Å²) < 4.78 is 20.7. The molecule has 0 N–H and O–H groups in total. The number of aryl methyl sites for hydroxylation is 1. The first-order chi connectivity index (χ1) is 16.2. The third-order valence-electron chi connectivity index (χ3n) is 8.68. The largest absolute Gasteiger partial charge is 0.493 e. The maximum atomic E-state index is 14.7. The molecular weight excluding hydrogens is 407 g/mol. The molecule has 3 rings (SSSR count). The Labute approximate surface area is 204 Å². The van der Waals surface area contributed by atoms with Crippen molar-refractivity contribution < 1.29 is 9.13 Å². The summed E-state index contributed by atoms with van der Waals surface area (Å²) in [5.74, 6) is 3.96. The van der Waals surface area contributed by atoms with E-state index in [9.17, 15) is 4.39 Å². The highest BCUT2D eigenvalue weighted by molar-refractivity contribution is 5.29. The second-order valence-electron chi connectivity index (χ2n) is 11.4. The van der Waals surface area contributed by atoms with E-state index in [0.29, 0.717) is 11.7 Å². The number of rotatable bonds is 14. The zero-order chi connectivity index (χ0) is 23.3. The molecule has 188 valence electrons. The van der Waals surface area contributed by atoms with E-state index < -0.39 is 0 Å². The summed E-state index contributed by atoms with van der Waals surface area (Å²) in [6.45, 7) is 5.32. The van der Waals surface area contributed by atoms with E-state index in [-0.39, 0.29) is 5.82 Å². The highest BCUT2D eigenvalue weighted by Crippen LogP contribution is 2.35. The van der Waals surface area contributed by atoms with Crippen LogP contribution in [0.5, 0.6) is 5.75 Å². The number of benzene rings is 1. The van der Waals surface area contributed by atoms with Gasteiger partial charge in [0.15, 0.2) is 0 Å². The van der Waals surface area contributed by atoms with Gasteiger partial charge >= 0.3 is 0 Å². The van der Waals surface area contributed by atoms with Gasteiger partial charge in [-0.2, -0.15) is 0 Å². The molecule has 2 heteroatoms. The van der Waals surface area contributed by atoms with E-state index in [2.05, 4.69) is 13.8 Å². The van der Waals surface area contributed by atoms with Crippen LogP contribution in [0.3, 0.4) is 0 Å². The molecule has 2 aliphatic carbocycles. The summed E-state index contributed by atoms with van der Waals surface area (Å²) in [4.78, 5) is 0. The van der Waals surface area contributed by atoms with Crippen LogP contribution in [0.2, 0.25) is 0 Å². The van der Waals surface area contributed by atoms with Gasteiger partial charge in [-0.3, -0.25) is 0 Å². The summed E-state index contributed by atoms with van der Waals surface area (Å²) in [7, 11) is 0. The fraction of sp³-hybridized carbons (Fsp3) is 0.806. The first kappa shape index (κ1) is 26.6. The average molecular weight is 459 g/mol. The van der Waals surface area contributed by atoms with Gasteiger partial charge in [-0.15, -0.1) is 0 Å². The van der Waals surface area contributed by atoms with E-state index in [1.54, 1.807) is 6.07 Å². The van der Waals surface area contributed by atoms with Crippen LogP contribution in [0.15, 0.2) is 18.2 Å². The van der Waals surface area contributed by atoms with E-state index in [4.69, 9.17) is 4.74 Å². The number of halogens is 1. The van der Waals surface area contributed by atoms with Gasteiger partial charge in [0.2, 0.25) is 0 Å². The van der Waals surface area contributed by atoms with Gasteiger partial charge in [0.05, 0.1) is 6.61 Å². The number of hydrogen-bond acceptors (Lipinski definition) is 1. The molecule has 0 radical (unpaired) electrons. The maximum Gasteiger partial charge on any atom is 0.130 e. The van der Waals surface area contributed by atoms with Crippen LogP contribution in [-0.2, 0) is 6.42 Å². The first-order valence-electron chi connectivity index (χ1n) is 14.6. The van der Waals surface area contributed by atoms with Crippen LogP contribution in [0.4, 0.5) is 4.39 Å². The third-order valence-corrected chi connectivity index (χ3v) is 8.68. The number of ether oxygens (including phenoxy) is 1. The van der Waals surface area contributed by atoms with Crippen molar-refractivity contribution in [1.82, 2.24) is 0 Å². The zero-order valence-electron chi connectivity index (χ0n) is 21.8. The fourth-order valence-corrected chi connectivity index (χ4v) is 6.33. The van der Waals surface area contributed by atoms with Gasteiger partial charge in [-0.1, -0.05) is 110 Å². The molecule has 0 heterocycles. The van der Waals surface area contributed by atoms with Crippen LogP contribution in [0.1, 0.15) is 129 Å². The van der Waals surface area contributed by atoms with Crippen molar-refractivity contribution in [2.24, 2.45) is 23.7 Å². The van der Waals surface area contributed by atoms with Crippen molar-refractivity contribution >= 4 is 0 Å². The molecule has 0 aromatic heterocycles. The monoisotopic (exact) mass is 458 g/mol. The van der Waals surface area contributed by atoms with Crippen LogP contribution >= 0.6 is 0 Å². The van der Waals surface area contributed by atoms with Crippen molar-refractivity contribution in [3.63, 3.8) is 0 Å². The second-order valence-corrected chi connectivity index (χ2v) is 11.4. The van der Waals surface area contributed by atoms with Crippen molar-refractivity contribution in [3.05, 3.63) is 29.6 Å². The third kappa shape index (κ3) is 9.61. The van der Waals surface area contributed by atoms with E-state index in [1.165, 1.54) is 103 Å². The molecule has 2 fully saturated rings. The lowest BCUT2D eigenvalue weighted by molar-refractivity contribution is 0.178. The summed E-state index contributed by atoms with van der Waals surface area (Å²) >= 11 is 0. The Balaban J connectivity index is 1.31. The molecule has 1 nitrogen and oxygen atoms in total. The molecule has 1 aromatic rings. The fourth-order valence-electron chi connectivity index (χ4n) is 6.33. The maximum absolute atomic E-state index is 14.7. The highest BCUT2D eigenvalue weighted by atomic mass is 19.1. The Kier molecular flexibility index (Phi) is 12.1. The van der Waals surface area contributed by atoms with Crippen molar-refractivity contribution in [2.45, 2.75) is 129 Å². The van der Waals surface area contributed by atoms with E-state index >= 15 is 0 Å². The summed E-state index contributed by atoms with van der Waals surface area (Å²) in [5, 5.41) is 0. The number of hydrogen-bond donors (Lipinski definition) is 0. The number of unbranched alkanes of at least 4 members (excludes halogenated alkanes) is 4. The van der Waals surface area contributed by atoms with Crippen LogP contribution < -0.4 is 4.74 Å². The Morgan fingerprint density at radius 3 is 1.94 bits per heavy atom. The normalized spacial score (nSPS) is 25.8. The van der Waals surface area contributed by atoms with Crippen molar-refractivity contribution in [1.29, 1.82) is 0 Å². The Hall–Kier alpha value is -1.05. The predicted octanol–water partition coefficient (Wildman–Crippen LogP) is 9.91. The van der Waals surface area contributed by atoms with Gasteiger partial charge in [0.1, 0.15) is 11.6 Å². The Bertz CT molecular complexity index is 640. The molecule has 0 aliphatic heterocycles. The summed E-state index contributed by atoms with van der Waals surface area (Å²) in [6, 6.07) is 5.61. The second kappa shape index (κ2) is 15.0. The molecule has 33 heavy (non-hydrogen) atoms. The van der Waals surface area contributed by atoms with Crippen LogP contribution in [-0.4, -0.2) is 6.61 Å². The smallest absolute Gasteiger partial charge is 0.130 e. The average Bonchev–Trinajstić information content (AvgIpc) is 2.84. The molecule has 0 amide bonds. The SMILES string of the molecule is CCCCCCCC1CCC(CCc2ccc(OCC3CCC(CCC)CC3)cc2F)CC1. The van der Waals surface area contributed by atoms with Crippen molar-refractivity contribution in [2.75, 3.05) is 6.61 Å². The van der Waals surface area contributed by atoms with Crippen LogP contribution in [0.25, 0.3) is 0 Å². The molecule has 0 bridgehead atoms. The highest BCUT2D eigenvalue weighted by Gasteiger charge is 2.22. The first-order valence-corrected chi connectivity index (χ1v) is 14.6. The zero-order valence-corrected chi connectivity index (χ0v) is 21.8. The minimum Gasteiger partial charge on any atom is -0.493 e. The molecule has 0 saturated heterocycles. The van der Waals surface area contributed by atoms with Gasteiger partial charge < -0.3 is 4.74 Å². The van der Waals surface area contributed by atoms with E-state index in [1.807, 2.05) is 12.1 Å². The molecule has 0 unspecified atom stereocenters. The van der Waals surface area contributed by atoms with Gasteiger partial charge in [-0.05, 0) is 61.0 Å².